The van der Waals surface area contributed by atoms with Gasteiger partial charge in [-0.3, -0.25) is 9.59 Å². The summed E-state index contributed by atoms with van der Waals surface area (Å²) >= 11 is 0. The zero-order chi connectivity index (χ0) is 50.7. The lowest BCUT2D eigenvalue weighted by Gasteiger charge is -2.19. The third-order valence-electron chi connectivity index (χ3n) is 14.4. The third-order valence-corrected chi connectivity index (χ3v) is 14.4. The molecular formula is C64H121NO5. The number of aliphatic hydroxyl groups excluding tert-OH is 2. The highest BCUT2D eigenvalue weighted by Gasteiger charge is 2.17. The summed E-state index contributed by atoms with van der Waals surface area (Å²) in [5.41, 5.74) is 0. The van der Waals surface area contributed by atoms with Gasteiger partial charge in [-0.25, -0.2) is 0 Å². The van der Waals surface area contributed by atoms with Crippen LogP contribution in [0.2, 0.25) is 0 Å². The predicted molar refractivity (Wildman–Crippen MR) is 306 cm³/mol. The van der Waals surface area contributed by atoms with Crippen LogP contribution < -0.4 is 5.32 Å². The molecule has 0 heterocycles. The number of unbranched alkanes of at least 4 members (excludes halogenated alkanes) is 43. The van der Waals surface area contributed by atoms with E-state index in [1.807, 2.05) is 12.2 Å². The fraction of sp³-hybridized carbons (Fsp3) is 0.875. The molecule has 0 bridgehead atoms. The molecule has 2 unspecified atom stereocenters. The number of hydrogen-bond acceptors (Lipinski definition) is 5. The summed E-state index contributed by atoms with van der Waals surface area (Å²) in [6.45, 7) is 4.87. The van der Waals surface area contributed by atoms with E-state index < -0.39 is 12.1 Å². The smallest absolute Gasteiger partial charge is 0.305 e. The molecule has 0 saturated carbocycles. The van der Waals surface area contributed by atoms with Gasteiger partial charge >= 0.3 is 5.97 Å². The van der Waals surface area contributed by atoms with Gasteiger partial charge in [0.05, 0.1) is 25.4 Å². The van der Waals surface area contributed by atoms with Crippen LogP contribution in [0.1, 0.15) is 335 Å². The van der Waals surface area contributed by atoms with Gasteiger partial charge in [-0.2, -0.15) is 0 Å². The summed E-state index contributed by atoms with van der Waals surface area (Å²) in [7, 11) is 0. The SMILES string of the molecule is CCCCCCCCCCCCCCCCCCCCCCC/C=C/C(O)C(CO)NC(=O)CC/C=C\C/C=C\CCCCCCCCOC(=O)CCCCCCCCCCCCCCCCCCC. The zero-order valence-corrected chi connectivity index (χ0v) is 47.0. The summed E-state index contributed by atoms with van der Waals surface area (Å²) in [5.74, 6) is -0.159. The summed E-state index contributed by atoms with van der Waals surface area (Å²) in [6, 6.07) is -0.673. The van der Waals surface area contributed by atoms with Crippen molar-refractivity contribution in [2.45, 2.75) is 347 Å². The first-order chi connectivity index (χ1) is 34.5. The number of ether oxygens (including phenoxy) is 1. The summed E-state index contributed by atoms with van der Waals surface area (Å²) in [5, 5.41) is 23.1. The Morgan fingerprint density at radius 1 is 0.400 bits per heavy atom. The standard InChI is InChI=1S/C64H121NO5/c1-3-5-7-9-11-13-15-17-19-21-22-23-24-25-26-28-29-32-36-40-44-48-52-56-62(67)61(60-66)65-63(68)57-53-49-45-41-37-33-31-35-39-43-47-51-55-59-70-64(69)58-54-50-46-42-38-34-30-27-20-18-16-14-12-10-8-6-4-2/h33,37,45,49,52,56,61-62,66-67H,3-32,34-36,38-44,46-48,50-51,53-55,57-60H2,1-2H3,(H,65,68)/b37-33-,49-45-,56-52+. The minimum atomic E-state index is -0.880. The number of amides is 1. The highest BCUT2D eigenvalue weighted by Crippen LogP contribution is 2.18. The lowest BCUT2D eigenvalue weighted by atomic mass is 10.0. The van der Waals surface area contributed by atoms with Crippen molar-refractivity contribution in [3.8, 4) is 0 Å². The van der Waals surface area contributed by atoms with E-state index >= 15 is 0 Å². The molecule has 0 rings (SSSR count). The number of nitrogens with one attached hydrogen (secondary N) is 1. The Labute approximate surface area is 436 Å². The Morgan fingerprint density at radius 2 is 0.729 bits per heavy atom. The van der Waals surface area contributed by atoms with Crippen LogP contribution >= 0.6 is 0 Å². The van der Waals surface area contributed by atoms with E-state index in [2.05, 4.69) is 37.4 Å². The van der Waals surface area contributed by atoms with Crippen LogP contribution in [-0.4, -0.2) is 47.4 Å². The van der Waals surface area contributed by atoms with Gasteiger partial charge in [0.25, 0.3) is 0 Å². The van der Waals surface area contributed by atoms with Crippen molar-refractivity contribution in [1.29, 1.82) is 0 Å². The van der Waals surface area contributed by atoms with E-state index in [0.29, 0.717) is 25.9 Å². The van der Waals surface area contributed by atoms with Gasteiger partial charge in [0.1, 0.15) is 0 Å². The normalized spacial score (nSPS) is 12.8. The Morgan fingerprint density at radius 3 is 1.11 bits per heavy atom. The van der Waals surface area contributed by atoms with E-state index in [1.54, 1.807) is 6.08 Å². The topological polar surface area (TPSA) is 95.9 Å². The lowest BCUT2D eigenvalue weighted by Crippen LogP contribution is -2.45. The van der Waals surface area contributed by atoms with E-state index in [9.17, 15) is 19.8 Å². The van der Waals surface area contributed by atoms with Crippen LogP contribution in [0.3, 0.4) is 0 Å². The fourth-order valence-corrected chi connectivity index (χ4v) is 9.63. The van der Waals surface area contributed by atoms with Crippen molar-refractivity contribution < 1.29 is 24.5 Å². The van der Waals surface area contributed by atoms with Crippen LogP contribution in [0.4, 0.5) is 0 Å². The molecule has 0 aliphatic rings. The molecule has 0 radical (unpaired) electrons. The number of aliphatic hydroxyl groups is 2. The van der Waals surface area contributed by atoms with Gasteiger partial charge < -0.3 is 20.3 Å². The highest BCUT2D eigenvalue weighted by molar-refractivity contribution is 5.76. The van der Waals surface area contributed by atoms with E-state index in [4.69, 9.17) is 4.74 Å². The average Bonchev–Trinajstić information content (AvgIpc) is 3.36. The minimum absolute atomic E-state index is 0.0140. The second-order valence-electron chi connectivity index (χ2n) is 21.4. The molecule has 70 heavy (non-hydrogen) atoms. The monoisotopic (exact) mass is 984 g/mol. The average molecular weight is 985 g/mol. The van der Waals surface area contributed by atoms with E-state index in [0.717, 1.165) is 51.4 Å². The van der Waals surface area contributed by atoms with Crippen molar-refractivity contribution in [1.82, 2.24) is 5.32 Å². The third kappa shape index (κ3) is 55.4. The molecule has 0 fully saturated rings. The maximum Gasteiger partial charge on any atom is 0.305 e. The van der Waals surface area contributed by atoms with Crippen molar-refractivity contribution in [2.24, 2.45) is 0 Å². The predicted octanol–water partition coefficient (Wildman–Crippen LogP) is 19.6. The molecule has 0 saturated heterocycles. The Kier molecular flexibility index (Phi) is 58.0. The number of allylic oxidation sites excluding steroid dienone is 5. The lowest BCUT2D eigenvalue weighted by molar-refractivity contribution is -0.143. The van der Waals surface area contributed by atoms with Crippen LogP contribution in [-0.2, 0) is 14.3 Å². The van der Waals surface area contributed by atoms with Gasteiger partial charge in [-0.1, -0.05) is 307 Å². The quantitative estimate of drug-likeness (QED) is 0.0321. The molecule has 6 nitrogen and oxygen atoms in total. The van der Waals surface area contributed by atoms with Crippen molar-refractivity contribution in [3.63, 3.8) is 0 Å². The Hall–Kier alpha value is -1.92. The summed E-state index contributed by atoms with van der Waals surface area (Å²) < 4.78 is 5.47. The number of carbonyl (C=O) groups excluding carboxylic acids is 2. The highest BCUT2D eigenvalue weighted by atomic mass is 16.5. The van der Waals surface area contributed by atoms with Crippen LogP contribution in [0.5, 0.6) is 0 Å². The summed E-state index contributed by atoms with van der Waals surface area (Å²) in [6.07, 6.45) is 74.8. The van der Waals surface area contributed by atoms with E-state index in [-0.39, 0.29) is 18.5 Å². The number of esters is 1. The molecule has 0 aromatic carbocycles. The number of carbonyl (C=O) groups is 2. The number of rotatable bonds is 58. The zero-order valence-electron chi connectivity index (χ0n) is 47.0. The van der Waals surface area contributed by atoms with Crippen LogP contribution in [0, 0.1) is 0 Å². The largest absolute Gasteiger partial charge is 0.466 e. The summed E-state index contributed by atoms with van der Waals surface area (Å²) in [4.78, 5) is 24.5. The van der Waals surface area contributed by atoms with Gasteiger partial charge in [0.2, 0.25) is 5.91 Å². The molecule has 2 atom stereocenters. The Balaban J connectivity index is 3.54. The second-order valence-corrected chi connectivity index (χ2v) is 21.4. The molecule has 1 amide bonds. The van der Waals surface area contributed by atoms with Gasteiger partial charge in [-0.05, 0) is 51.4 Å². The maximum atomic E-state index is 12.5. The molecule has 0 aromatic rings. The Bertz CT molecular complexity index is 1130. The first-order valence-corrected chi connectivity index (χ1v) is 31.3. The van der Waals surface area contributed by atoms with Gasteiger partial charge in [0, 0.05) is 12.8 Å². The van der Waals surface area contributed by atoms with Crippen molar-refractivity contribution in [3.05, 3.63) is 36.5 Å². The van der Waals surface area contributed by atoms with Crippen LogP contribution in [0.25, 0.3) is 0 Å². The minimum Gasteiger partial charge on any atom is -0.466 e. The molecule has 0 spiro atoms. The molecule has 3 N–H and O–H groups in total. The molecule has 6 heteroatoms. The van der Waals surface area contributed by atoms with Gasteiger partial charge in [0.15, 0.2) is 0 Å². The van der Waals surface area contributed by atoms with Crippen molar-refractivity contribution in [2.75, 3.05) is 13.2 Å². The van der Waals surface area contributed by atoms with Crippen LogP contribution in [0.15, 0.2) is 36.5 Å². The second kappa shape index (κ2) is 59.6. The van der Waals surface area contributed by atoms with Crippen molar-refractivity contribution >= 4 is 11.9 Å². The molecule has 0 aromatic heterocycles. The van der Waals surface area contributed by atoms with Gasteiger partial charge in [-0.15, -0.1) is 0 Å². The number of hydrogen-bond donors (Lipinski definition) is 3. The van der Waals surface area contributed by atoms with E-state index in [1.165, 1.54) is 250 Å². The first-order valence-electron chi connectivity index (χ1n) is 31.3. The molecule has 0 aliphatic heterocycles. The fourth-order valence-electron chi connectivity index (χ4n) is 9.63. The molecular weight excluding hydrogens is 863 g/mol. The molecule has 412 valence electrons. The molecule has 0 aliphatic carbocycles. The first kappa shape index (κ1) is 68.1. The maximum absolute atomic E-state index is 12.5.